The second kappa shape index (κ2) is 4.33. The summed E-state index contributed by atoms with van der Waals surface area (Å²) in [4.78, 5) is 10.8. The molecule has 0 spiro atoms. The number of benzene rings is 1. The van der Waals surface area contributed by atoms with Gasteiger partial charge in [-0.3, -0.25) is 0 Å². The molecule has 14 heavy (non-hydrogen) atoms. The van der Waals surface area contributed by atoms with Crippen LogP contribution in [0.2, 0.25) is 0 Å². The number of halogens is 1. The first-order valence-corrected chi connectivity index (χ1v) is 4.78. The Bertz CT molecular complexity index is 363. The van der Waals surface area contributed by atoms with Gasteiger partial charge in [-0.1, -0.05) is 6.07 Å². The predicted octanol–water partition coefficient (Wildman–Crippen LogP) is 2.06. The van der Waals surface area contributed by atoms with Crippen molar-refractivity contribution in [1.29, 1.82) is 0 Å². The third-order valence-electron chi connectivity index (χ3n) is 2.17. The minimum Gasteiger partial charge on any atom is -0.478 e. The van der Waals surface area contributed by atoms with Crippen molar-refractivity contribution in [2.45, 2.75) is 13.3 Å². The fourth-order valence-corrected chi connectivity index (χ4v) is 1.58. The van der Waals surface area contributed by atoms with E-state index in [4.69, 9.17) is 22.4 Å². The van der Waals surface area contributed by atoms with Crippen LogP contribution in [0.25, 0.3) is 0 Å². The first-order valence-electron chi connectivity index (χ1n) is 4.25. The number of carbonyl (C=O) groups is 1. The monoisotopic (exact) mass is 213 g/mol. The number of carboxylic acids is 1. The van der Waals surface area contributed by atoms with Gasteiger partial charge in [-0.25, -0.2) is 4.79 Å². The molecule has 0 aliphatic rings. The molecule has 0 fully saturated rings. The van der Waals surface area contributed by atoms with E-state index in [1.165, 1.54) is 6.07 Å². The van der Waals surface area contributed by atoms with Crippen LogP contribution >= 0.6 is 11.6 Å². The minimum atomic E-state index is -1.00. The molecule has 0 aliphatic carbocycles. The third kappa shape index (κ3) is 1.99. The van der Waals surface area contributed by atoms with Gasteiger partial charge in [0.05, 0.1) is 5.56 Å². The SMILES string of the molecule is Cc1ccc(C(=O)O)c(N)c1CCCl. The average molecular weight is 214 g/mol. The van der Waals surface area contributed by atoms with E-state index in [1.54, 1.807) is 6.07 Å². The van der Waals surface area contributed by atoms with Crippen LogP contribution in [0.15, 0.2) is 12.1 Å². The van der Waals surface area contributed by atoms with E-state index in [2.05, 4.69) is 0 Å². The summed E-state index contributed by atoms with van der Waals surface area (Å²) in [7, 11) is 0. The number of rotatable bonds is 3. The van der Waals surface area contributed by atoms with Gasteiger partial charge in [-0.15, -0.1) is 11.6 Å². The zero-order valence-electron chi connectivity index (χ0n) is 7.88. The highest BCUT2D eigenvalue weighted by Gasteiger charge is 2.12. The van der Waals surface area contributed by atoms with Crippen LogP contribution in [-0.2, 0) is 6.42 Å². The van der Waals surface area contributed by atoms with Gasteiger partial charge in [0.25, 0.3) is 0 Å². The summed E-state index contributed by atoms with van der Waals surface area (Å²) >= 11 is 5.61. The topological polar surface area (TPSA) is 63.3 Å². The van der Waals surface area contributed by atoms with Crippen LogP contribution in [0.4, 0.5) is 5.69 Å². The van der Waals surface area contributed by atoms with Crippen molar-refractivity contribution < 1.29 is 9.90 Å². The molecule has 3 N–H and O–H groups in total. The first-order chi connectivity index (χ1) is 6.57. The van der Waals surface area contributed by atoms with Gasteiger partial charge in [0.1, 0.15) is 0 Å². The van der Waals surface area contributed by atoms with Gasteiger partial charge in [0, 0.05) is 11.6 Å². The average Bonchev–Trinajstić information content (AvgIpc) is 2.11. The molecule has 0 aliphatic heterocycles. The number of hydrogen-bond donors (Lipinski definition) is 2. The molecule has 0 atom stereocenters. The van der Waals surface area contributed by atoms with E-state index in [1.807, 2.05) is 6.92 Å². The molecule has 1 aromatic rings. The quantitative estimate of drug-likeness (QED) is 0.597. The molecular formula is C10H12ClNO2. The van der Waals surface area contributed by atoms with E-state index >= 15 is 0 Å². The fraction of sp³-hybridized carbons (Fsp3) is 0.300. The summed E-state index contributed by atoms with van der Waals surface area (Å²) < 4.78 is 0. The Morgan fingerprint density at radius 2 is 2.21 bits per heavy atom. The molecule has 3 nitrogen and oxygen atoms in total. The van der Waals surface area contributed by atoms with E-state index in [0.29, 0.717) is 18.0 Å². The molecule has 1 rings (SSSR count). The van der Waals surface area contributed by atoms with Crippen molar-refractivity contribution in [3.8, 4) is 0 Å². The summed E-state index contributed by atoms with van der Waals surface area (Å²) in [5.74, 6) is -0.563. The molecule has 0 bridgehead atoms. The van der Waals surface area contributed by atoms with Crippen LogP contribution in [0.5, 0.6) is 0 Å². The smallest absolute Gasteiger partial charge is 0.337 e. The Labute approximate surface area is 87.5 Å². The van der Waals surface area contributed by atoms with Gasteiger partial charge < -0.3 is 10.8 Å². The minimum absolute atomic E-state index is 0.149. The van der Waals surface area contributed by atoms with E-state index in [-0.39, 0.29) is 5.56 Å². The lowest BCUT2D eigenvalue weighted by Gasteiger charge is -2.10. The lowest BCUT2D eigenvalue weighted by atomic mass is 10.00. The molecule has 0 heterocycles. The Balaban J connectivity index is 3.26. The van der Waals surface area contributed by atoms with Crippen LogP contribution in [0.1, 0.15) is 21.5 Å². The number of nitrogens with two attached hydrogens (primary N) is 1. The van der Waals surface area contributed by atoms with Crippen molar-refractivity contribution in [3.05, 3.63) is 28.8 Å². The molecule has 0 amide bonds. The highest BCUT2D eigenvalue weighted by atomic mass is 35.5. The van der Waals surface area contributed by atoms with Crippen LogP contribution in [0.3, 0.4) is 0 Å². The third-order valence-corrected chi connectivity index (χ3v) is 2.36. The number of alkyl halides is 1. The van der Waals surface area contributed by atoms with Crippen molar-refractivity contribution in [2.24, 2.45) is 0 Å². The molecule has 1 aromatic carbocycles. The summed E-state index contributed by atoms with van der Waals surface area (Å²) in [6.45, 7) is 1.89. The van der Waals surface area contributed by atoms with E-state index in [0.717, 1.165) is 11.1 Å². The lowest BCUT2D eigenvalue weighted by Crippen LogP contribution is -2.07. The molecule has 0 saturated carbocycles. The number of hydrogen-bond acceptors (Lipinski definition) is 2. The molecule has 4 heteroatoms. The van der Waals surface area contributed by atoms with Gasteiger partial charge in [-0.2, -0.15) is 0 Å². The summed E-state index contributed by atoms with van der Waals surface area (Å²) in [6, 6.07) is 3.27. The summed E-state index contributed by atoms with van der Waals surface area (Å²) in [5.41, 5.74) is 8.03. The normalized spacial score (nSPS) is 10.1. The Kier molecular flexibility index (Phi) is 3.36. The van der Waals surface area contributed by atoms with Crippen molar-refractivity contribution in [1.82, 2.24) is 0 Å². The predicted molar refractivity (Wildman–Crippen MR) is 57.0 cm³/mol. The highest BCUT2D eigenvalue weighted by Crippen LogP contribution is 2.22. The van der Waals surface area contributed by atoms with Gasteiger partial charge >= 0.3 is 5.97 Å². The maximum atomic E-state index is 10.8. The molecule has 0 saturated heterocycles. The molecule has 0 aromatic heterocycles. The molecule has 0 unspecified atom stereocenters. The summed E-state index contributed by atoms with van der Waals surface area (Å²) in [5, 5.41) is 8.84. The maximum absolute atomic E-state index is 10.8. The molecule has 0 radical (unpaired) electrons. The van der Waals surface area contributed by atoms with Gasteiger partial charge in [0.15, 0.2) is 0 Å². The number of aromatic carboxylic acids is 1. The Hall–Kier alpha value is -1.22. The largest absolute Gasteiger partial charge is 0.478 e. The standard InChI is InChI=1S/C10H12ClNO2/c1-6-2-3-8(10(13)14)9(12)7(6)4-5-11/h2-3H,4-5,12H2,1H3,(H,13,14). The number of carboxylic acid groups (broad SMARTS) is 1. The maximum Gasteiger partial charge on any atom is 0.337 e. The van der Waals surface area contributed by atoms with Crippen LogP contribution < -0.4 is 5.73 Å². The van der Waals surface area contributed by atoms with Crippen molar-refractivity contribution in [3.63, 3.8) is 0 Å². The van der Waals surface area contributed by atoms with Gasteiger partial charge in [0.2, 0.25) is 0 Å². The summed E-state index contributed by atoms with van der Waals surface area (Å²) in [6.07, 6.45) is 0.598. The number of nitrogen functional groups attached to an aromatic ring is 1. The molecule has 76 valence electrons. The highest BCUT2D eigenvalue weighted by molar-refractivity contribution is 6.18. The van der Waals surface area contributed by atoms with E-state index < -0.39 is 5.97 Å². The van der Waals surface area contributed by atoms with Crippen molar-refractivity contribution in [2.75, 3.05) is 11.6 Å². The second-order valence-electron chi connectivity index (χ2n) is 3.07. The zero-order valence-corrected chi connectivity index (χ0v) is 8.64. The number of aryl methyl sites for hydroxylation is 1. The molecular weight excluding hydrogens is 202 g/mol. The number of anilines is 1. The van der Waals surface area contributed by atoms with Gasteiger partial charge in [-0.05, 0) is 30.5 Å². The Morgan fingerprint density at radius 1 is 1.57 bits per heavy atom. The van der Waals surface area contributed by atoms with Crippen LogP contribution in [-0.4, -0.2) is 17.0 Å². The second-order valence-corrected chi connectivity index (χ2v) is 3.44. The van der Waals surface area contributed by atoms with Crippen molar-refractivity contribution >= 4 is 23.3 Å². The lowest BCUT2D eigenvalue weighted by molar-refractivity contribution is 0.0698. The Morgan fingerprint density at radius 3 is 2.71 bits per heavy atom. The fourth-order valence-electron chi connectivity index (χ4n) is 1.39. The van der Waals surface area contributed by atoms with E-state index in [9.17, 15) is 4.79 Å². The first kappa shape index (κ1) is 10.9. The van der Waals surface area contributed by atoms with Crippen LogP contribution in [0, 0.1) is 6.92 Å². The zero-order chi connectivity index (χ0) is 10.7.